The van der Waals surface area contributed by atoms with Crippen molar-refractivity contribution in [1.29, 1.82) is 0 Å². The number of unbranched alkanes of at least 4 members (excludes halogenated alkanes) is 9. The van der Waals surface area contributed by atoms with Gasteiger partial charge in [-0.2, -0.15) is 0 Å². The molecule has 0 unspecified atom stereocenters. The molecule has 0 aromatic rings. The van der Waals surface area contributed by atoms with Gasteiger partial charge in [-0.05, 0) is 32.1 Å². The Morgan fingerprint density at radius 1 is 0.800 bits per heavy atom. The van der Waals surface area contributed by atoms with Crippen LogP contribution in [0.3, 0.4) is 0 Å². The molecule has 0 saturated heterocycles. The Morgan fingerprint density at radius 3 is 1.85 bits per heavy atom. The molecule has 20 heavy (non-hydrogen) atoms. The third kappa shape index (κ3) is 15.5. The predicted molar refractivity (Wildman–Crippen MR) is 89.8 cm³/mol. The van der Waals surface area contributed by atoms with Gasteiger partial charge in [0.05, 0.1) is 6.61 Å². The first-order chi connectivity index (χ1) is 9.81. The summed E-state index contributed by atoms with van der Waals surface area (Å²) in [6.45, 7) is 2.27. The molecule has 0 rings (SSSR count). The second kappa shape index (κ2) is 16.5. The van der Waals surface area contributed by atoms with Gasteiger partial charge in [0.15, 0.2) is 0 Å². The average molecular weight is 281 g/mol. The van der Waals surface area contributed by atoms with Gasteiger partial charge in [0.25, 0.3) is 0 Å². The van der Waals surface area contributed by atoms with Crippen molar-refractivity contribution in [2.24, 2.45) is 5.73 Å². The number of nitrogens with two attached hydrogens (primary N) is 1. The van der Waals surface area contributed by atoms with Crippen molar-refractivity contribution in [2.45, 2.75) is 83.6 Å². The van der Waals surface area contributed by atoms with Crippen molar-refractivity contribution in [3.63, 3.8) is 0 Å². The average Bonchev–Trinajstić information content (AvgIpc) is 2.47. The van der Waals surface area contributed by atoms with Crippen molar-refractivity contribution in [2.75, 3.05) is 6.61 Å². The maximum Gasteiger partial charge on any atom is 0.0618 e. The number of hydrogen-bond acceptors (Lipinski definition) is 2. The molecule has 0 amide bonds. The number of aliphatic hydroxyl groups is 1. The van der Waals surface area contributed by atoms with Crippen LogP contribution in [0.15, 0.2) is 24.3 Å². The number of rotatable bonds is 14. The maximum atomic E-state index is 8.76. The topological polar surface area (TPSA) is 46.2 Å². The first-order valence-corrected chi connectivity index (χ1v) is 8.49. The monoisotopic (exact) mass is 281 g/mol. The number of hydrogen-bond donors (Lipinski definition) is 2. The molecule has 0 bridgehead atoms. The first-order valence-electron chi connectivity index (χ1n) is 8.49. The Bertz CT molecular complexity index is 236. The molecule has 0 saturated carbocycles. The summed E-state index contributed by atoms with van der Waals surface area (Å²) in [5, 5.41) is 8.76. The number of aliphatic hydroxyl groups excluding tert-OH is 1. The third-order valence-corrected chi connectivity index (χ3v) is 3.46. The van der Waals surface area contributed by atoms with Crippen molar-refractivity contribution in [1.82, 2.24) is 0 Å². The van der Waals surface area contributed by atoms with E-state index in [2.05, 4.69) is 25.2 Å². The zero-order valence-electron chi connectivity index (χ0n) is 13.4. The molecule has 0 radical (unpaired) electrons. The Morgan fingerprint density at radius 2 is 1.30 bits per heavy atom. The molecule has 118 valence electrons. The van der Waals surface area contributed by atoms with Gasteiger partial charge in [0.2, 0.25) is 0 Å². The summed E-state index contributed by atoms with van der Waals surface area (Å²) in [6, 6.07) is -0.179. The summed E-state index contributed by atoms with van der Waals surface area (Å²) < 4.78 is 0. The van der Waals surface area contributed by atoms with Crippen LogP contribution in [0.25, 0.3) is 0 Å². The van der Waals surface area contributed by atoms with Gasteiger partial charge < -0.3 is 10.8 Å². The lowest BCUT2D eigenvalue weighted by Gasteiger charge is -2.01. The Kier molecular flexibility index (Phi) is 16.0. The fourth-order valence-corrected chi connectivity index (χ4v) is 2.14. The minimum absolute atomic E-state index is 0.0458. The van der Waals surface area contributed by atoms with E-state index in [4.69, 9.17) is 10.8 Å². The summed E-state index contributed by atoms with van der Waals surface area (Å²) in [7, 11) is 0. The van der Waals surface area contributed by atoms with E-state index in [1.54, 1.807) is 0 Å². The van der Waals surface area contributed by atoms with E-state index in [9.17, 15) is 0 Å². The highest BCUT2D eigenvalue weighted by Gasteiger charge is 1.93. The summed E-state index contributed by atoms with van der Waals surface area (Å²) >= 11 is 0. The van der Waals surface area contributed by atoms with Crippen LogP contribution in [-0.2, 0) is 0 Å². The minimum atomic E-state index is -0.179. The lowest BCUT2D eigenvalue weighted by Crippen LogP contribution is -2.20. The molecule has 0 aromatic heterocycles. The molecule has 0 aromatic carbocycles. The van der Waals surface area contributed by atoms with Crippen LogP contribution in [0.2, 0.25) is 0 Å². The van der Waals surface area contributed by atoms with Crippen molar-refractivity contribution in [3.8, 4) is 0 Å². The molecule has 0 aliphatic carbocycles. The van der Waals surface area contributed by atoms with Crippen LogP contribution in [0, 0.1) is 0 Å². The summed E-state index contributed by atoms with van der Waals surface area (Å²) in [6.07, 6.45) is 22.9. The van der Waals surface area contributed by atoms with Gasteiger partial charge in [0, 0.05) is 6.04 Å². The molecule has 3 N–H and O–H groups in total. The Hall–Kier alpha value is -0.600. The van der Waals surface area contributed by atoms with E-state index in [1.165, 1.54) is 64.2 Å². The highest BCUT2D eigenvalue weighted by atomic mass is 16.3. The molecule has 0 aliphatic heterocycles. The fourth-order valence-electron chi connectivity index (χ4n) is 2.14. The number of allylic oxidation sites excluding steroid dienone is 3. The Balaban J connectivity index is 3.11. The van der Waals surface area contributed by atoms with E-state index < -0.39 is 0 Å². The van der Waals surface area contributed by atoms with Crippen LogP contribution >= 0.6 is 0 Å². The molecule has 0 fully saturated rings. The van der Waals surface area contributed by atoms with E-state index in [0.29, 0.717) is 0 Å². The van der Waals surface area contributed by atoms with Gasteiger partial charge in [-0.1, -0.05) is 69.8 Å². The van der Waals surface area contributed by atoms with Gasteiger partial charge in [-0.25, -0.2) is 0 Å². The summed E-state index contributed by atoms with van der Waals surface area (Å²) in [5.41, 5.74) is 5.58. The highest BCUT2D eigenvalue weighted by Crippen LogP contribution is 2.10. The standard InChI is InChI=1S/C18H35NO/c1-2-3-4-5-6-7-8-9-10-11-12-13-14-15-16-18(19)17-20/h4-5,15-16,18,20H,2-3,6-14,17,19H2,1H3/b5-4-,16-15+/t18-/m1/s1. The fraction of sp³-hybridized carbons (Fsp3) is 0.778. The lowest BCUT2D eigenvalue weighted by molar-refractivity contribution is 0.284. The van der Waals surface area contributed by atoms with Crippen molar-refractivity contribution < 1.29 is 5.11 Å². The quantitative estimate of drug-likeness (QED) is 0.357. The zero-order chi connectivity index (χ0) is 14.9. The molecule has 0 aliphatic rings. The van der Waals surface area contributed by atoms with Crippen LogP contribution in [0.1, 0.15) is 77.6 Å². The SMILES string of the molecule is CCC/C=C\CCCCCCCCC/C=C/[C@@H](N)CO. The van der Waals surface area contributed by atoms with Crippen LogP contribution in [0.5, 0.6) is 0 Å². The lowest BCUT2D eigenvalue weighted by atomic mass is 10.1. The van der Waals surface area contributed by atoms with E-state index in [0.717, 1.165) is 6.42 Å². The highest BCUT2D eigenvalue weighted by molar-refractivity contribution is 4.90. The third-order valence-electron chi connectivity index (χ3n) is 3.46. The molecule has 2 heteroatoms. The second-order valence-corrected chi connectivity index (χ2v) is 5.59. The molecule has 0 spiro atoms. The predicted octanol–water partition coefficient (Wildman–Crippen LogP) is 4.73. The Labute approximate surface area is 126 Å². The summed E-state index contributed by atoms with van der Waals surface area (Å²) in [5.74, 6) is 0. The van der Waals surface area contributed by atoms with Crippen LogP contribution < -0.4 is 5.73 Å². The smallest absolute Gasteiger partial charge is 0.0618 e. The van der Waals surface area contributed by atoms with Gasteiger partial charge in [-0.3, -0.25) is 0 Å². The minimum Gasteiger partial charge on any atom is -0.394 e. The first kappa shape index (κ1) is 19.4. The van der Waals surface area contributed by atoms with E-state index in [-0.39, 0.29) is 12.6 Å². The largest absolute Gasteiger partial charge is 0.394 e. The van der Waals surface area contributed by atoms with E-state index >= 15 is 0 Å². The molecule has 0 heterocycles. The molecule has 1 atom stereocenters. The molecular formula is C18H35NO. The zero-order valence-corrected chi connectivity index (χ0v) is 13.4. The normalized spacial score (nSPS) is 13.6. The van der Waals surface area contributed by atoms with Crippen molar-refractivity contribution in [3.05, 3.63) is 24.3 Å². The van der Waals surface area contributed by atoms with Crippen LogP contribution in [-0.4, -0.2) is 17.8 Å². The van der Waals surface area contributed by atoms with Gasteiger partial charge >= 0.3 is 0 Å². The second-order valence-electron chi connectivity index (χ2n) is 5.59. The van der Waals surface area contributed by atoms with Gasteiger partial charge in [-0.15, -0.1) is 0 Å². The van der Waals surface area contributed by atoms with Crippen molar-refractivity contribution >= 4 is 0 Å². The van der Waals surface area contributed by atoms with Gasteiger partial charge in [0.1, 0.15) is 0 Å². The molecular weight excluding hydrogens is 246 g/mol. The van der Waals surface area contributed by atoms with Crippen LogP contribution in [0.4, 0.5) is 0 Å². The maximum absolute atomic E-state index is 8.76. The summed E-state index contributed by atoms with van der Waals surface area (Å²) in [4.78, 5) is 0. The molecule has 2 nitrogen and oxygen atoms in total. The van der Waals surface area contributed by atoms with E-state index in [1.807, 2.05) is 6.08 Å².